The lowest BCUT2D eigenvalue weighted by molar-refractivity contribution is -0.119. The SMILES string of the molecule is N#CCNC(=O)CNc1ccc(F)c(Br)c1. The number of hydrogen-bond donors (Lipinski definition) is 2. The van der Waals surface area contributed by atoms with E-state index in [0.29, 0.717) is 10.2 Å². The van der Waals surface area contributed by atoms with Crippen LogP contribution < -0.4 is 10.6 Å². The second-order valence-corrected chi connectivity index (χ2v) is 3.77. The van der Waals surface area contributed by atoms with Crippen molar-refractivity contribution in [3.05, 3.63) is 28.5 Å². The number of halogens is 2. The van der Waals surface area contributed by atoms with Crippen LogP contribution in [0, 0.1) is 17.1 Å². The van der Waals surface area contributed by atoms with Crippen LogP contribution in [0.4, 0.5) is 10.1 Å². The maximum atomic E-state index is 12.9. The van der Waals surface area contributed by atoms with Gasteiger partial charge >= 0.3 is 0 Å². The first kappa shape index (κ1) is 12.5. The third kappa shape index (κ3) is 3.87. The van der Waals surface area contributed by atoms with E-state index in [1.165, 1.54) is 18.2 Å². The number of nitrogens with one attached hydrogen (secondary N) is 2. The molecule has 1 aromatic carbocycles. The smallest absolute Gasteiger partial charge is 0.240 e. The first-order valence-corrected chi connectivity index (χ1v) is 5.25. The van der Waals surface area contributed by atoms with Crippen molar-refractivity contribution in [2.45, 2.75) is 0 Å². The molecule has 1 amide bonds. The molecule has 2 N–H and O–H groups in total. The van der Waals surface area contributed by atoms with Gasteiger partial charge in [-0.05, 0) is 34.1 Å². The van der Waals surface area contributed by atoms with Gasteiger partial charge in [-0.1, -0.05) is 0 Å². The molecule has 0 aromatic heterocycles. The van der Waals surface area contributed by atoms with Crippen LogP contribution in [-0.2, 0) is 4.79 Å². The Hall–Kier alpha value is -1.61. The molecular weight excluding hydrogens is 277 g/mol. The summed E-state index contributed by atoms with van der Waals surface area (Å²) in [5.41, 5.74) is 0.625. The zero-order valence-corrected chi connectivity index (χ0v) is 9.84. The molecule has 16 heavy (non-hydrogen) atoms. The molecule has 0 aliphatic heterocycles. The van der Waals surface area contributed by atoms with E-state index < -0.39 is 0 Å². The van der Waals surface area contributed by atoms with Gasteiger partial charge in [-0.3, -0.25) is 4.79 Å². The molecule has 0 heterocycles. The predicted octanol–water partition coefficient (Wildman–Crippen LogP) is 1.64. The molecule has 0 atom stereocenters. The third-order valence-corrected chi connectivity index (χ3v) is 2.34. The zero-order chi connectivity index (χ0) is 12.0. The number of amides is 1. The molecule has 6 heteroatoms. The van der Waals surface area contributed by atoms with Crippen molar-refractivity contribution >= 4 is 27.5 Å². The lowest BCUT2D eigenvalue weighted by Gasteiger charge is -2.06. The topological polar surface area (TPSA) is 64.9 Å². The van der Waals surface area contributed by atoms with Crippen LogP contribution >= 0.6 is 15.9 Å². The number of carbonyl (C=O) groups is 1. The molecule has 4 nitrogen and oxygen atoms in total. The second-order valence-electron chi connectivity index (χ2n) is 2.92. The first-order chi connectivity index (χ1) is 7.63. The van der Waals surface area contributed by atoms with Crippen LogP contribution in [0.3, 0.4) is 0 Å². The molecule has 0 unspecified atom stereocenters. The van der Waals surface area contributed by atoms with Gasteiger partial charge < -0.3 is 10.6 Å². The van der Waals surface area contributed by atoms with E-state index in [2.05, 4.69) is 26.6 Å². The molecule has 0 bridgehead atoms. The Labute approximate surface area is 101 Å². The summed E-state index contributed by atoms with van der Waals surface area (Å²) in [5, 5.41) is 13.4. The predicted molar refractivity (Wildman–Crippen MR) is 61.2 cm³/mol. The summed E-state index contributed by atoms with van der Waals surface area (Å²) in [5.74, 6) is -0.651. The summed E-state index contributed by atoms with van der Waals surface area (Å²) in [6.45, 7) is 0.0212. The highest BCUT2D eigenvalue weighted by Gasteiger charge is 2.02. The van der Waals surface area contributed by atoms with Crippen molar-refractivity contribution < 1.29 is 9.18 Å². The number of nitrogens with zero attached hydrogens (tertiary/aromatic N) is 1. The molecule has 0 aliphatic rings. The van der Waals surface area contributed by atoms with E-state index in [4.69, 9.17) is 5.26 Å². The van der Waals surface area contributed by atoms with E-state index in [9.17, 15) is 9.18 Å². The Morgan fingerprint density at radius 3 is 2.94 bits per heavy atom. The van der Waals surface area contributed by atoms with E-state index in [1.54, 1.807) is 6.07 Å². The van der Waals surface area contributed by atoms with Gasteiger partial charge in [0.25, 0.3) is 0 Å². The number of rotatable bonds is 4. The van der Waals surface area contributed by atoms with Gasteiger partial charge in [-0.2, -0.15) is 5.26 Å². The van der Waals surface area contributed by atoms with Crippen LogP contribution in [0.15, 0.2) is 22.7 Å². The normalized spacial score (nSPS) is 9.31. The number of benzene rings is 1. The molecular formula is C10H9BrFN3O. The molecule has 0 aliphatic carbocycles. The average Bonchev–Trinajstić information content (AvgIpc) is 2.28. The first-order valence-electron chi connectivity index (χ1n) is 4.46. The summed E-state index contributed by atoms with van der Waals surface area (Å²) in [4.78, 5) is 11.1. The molecule has 84 valence electrons. The Balaban J connectivity index is 2.46. The van der Waals surface area contributed by atoms with Gasteiger partial charge in [-0.15, -0.1) is 0 Å². The fourth-order valence-electron chi connectivity index (χ4n) is 0.989. The summed E-state index contributed by atoms with van der Waals surface area (Å²) in [6, 6.07) is 6.15. The van der Waals surface area contributed by atoms with Crippen LogP contribution in [0.5, 0.6) is 0 Å². The molecule has 1 aromatic rings. The minimum absolute atomic E-state index is 0.0202. The van der Waals surface area contributed by atoms with Gasteiger partial charge in [-0.25, -0.2) is 4.39 Å². The molecule has 1 rings (SSSR count). The highest BCUT2D eigenvalue weighted by molar-refractivity contribution is 9.10. The standard InChI is InChI=1S/C10H9BrFN3O/c11-8-5-7(1-2-9(8)12)15-6-10(16)14-4-3-13/h1-2,5,15H,4,6H2,(H,14,16). The van der Waals surface area contributed by atoms with Crippen molar-refractivity contribution in [1.29, 1.82) is 5.26 Å². The lowest BCUT2D eigenvalue weighted by atomic mass is 10.3. The van der Waals surface area contributed by atoms with Crippen molar-refractivity contribution in [1.82, 2.24) is 5.32 Å². The monoisotopic (exact) mass is 285 g/mol. The molecule has 0 saturated heterocycles. The third-order valence-electron chi connectivity index (χ3n) is 1.74. The maximum Gasteiger partial charge on any atom is 0.240 e. The number of hydrogen-bond acceptors (Lipinski definition) is 3. The fraction of sp³-hybridized carbons (Fsp3) is 0.200. The Bertz CT molecular complexity index is 431. The van der Waals surface area contributed by atoms with Crippen LogP contribution in [-0.4, -0.2) is 19.0 Å². The van der Waals surface area contributed by atoms with Crippen molar-refractivity contribution in [2.75, 3.05) is 18.4 Å². The van der Waals surface area contributed by atoms with Gasteiger partial charge in [0, 0.05) is 5.69 Å². The molecule has 0 saturated carbocycles. The molecule has 0 fully saturated rings. The highest BCUT2D eigenvalue weighted by Crippen LogP contribution is 2.19. The number of nitriles is 1. The van der Waals surface area contributed by atoms with Gasteiger partial charge in [0.05, 0.1) is 17.1 Å². The highest BCUT2D eigenvalue weighted by atomic mass is 79.9. The zero-order valence-electron chi connectivity index (χ0n) is 8.26. The summed E-state index contributed by atoms with van der Waals surface area (Å²) >= 11 is 3.04. The minimum Gasteiger partial charge on any atom is -0.376 e. The Kier molecular flexibility index (Phi) is 4.73. The van der Waals surface area contributed by atoms with Crippen LogP contribution in [0.2, 0.25) is 0 Å². The van der Waals surface area contributed by atoms with E-state index in [0.717, 1.165) is 0 Å². The largest absolute Gasteiger partial charge is 0.376 e. The van der Waals surface area contributed by atoms with E-state index in [1.807, 2.05) is 0 Å². The Morgan fingerprint density at radius 2 is 2.31 bits per heavy atom. The lowest BCUT2D eigenvalue weighted by Crippen LogP contribution is -2.29. The Morgan fingerprint density at radius 1 is 1.56 bits per heavy atom. The summed E-state index contributed by atoms with van der Waals surface area (Å²) in [7, 11) is 0. The fourth-order valence-corrected chi connectivity index (χ4v) is 1.37. The summed E-state index contributed by atoms with van der Waals surface area (Å²) in [6.07, 6.45) is 0. The van der Waals surface area contributed by atoms with Gasteiger partial charge in [0.1, 0.15) is 12.4 Å². The minimum atomic E-state index is -0.362. The van der Waals surface area contributed by atoms with Gasteiger partial charge in [0.15, 0.2) is 0 Å². The second kappa shape index (κ2) is 6.08. The maximum absolute atomic E-state index is 12.9. The summed E-state index contributed by atoms with van der Waals surface area (Å²) < 4.78 is 13.2. The molecule has 0 spiro atoms. The van der Waals surface area contributed by atoms with E-state index >= 15 is 0 Å². The van der Waals surface area contributed by atoms with Crippen molar-refractivity contribution in [3.8, 4) is 6.07 Å². The average molecular weight is 286 g/mol. The number of anilines is 1. The van der Waals surface area contributed by atoms with Crippen LogP contribution in [0.25, 0.3) is 0 Å². The quantitative estimate of drug-likeness (QED) is 0.827. The van der Waals surface area contributed by atoms with Gasteiger partial charge in [0.2, 0.25) is 5.91 Å². The van der Waals surface area contributed by atoms with Crippen LogP contribution in [0.1, 0.15) is 0 Å². The number of carbonyl (C=O) groups excluding carboxylic acids is 1. The van der Waals surface area contributed by atoms with E-state index in [-0.39, 0.29) is 24.8 Å². The molecule has 0 radical (unpaired) electrons. The van der Waals surface area contributed by atoms with Crippen molar-refractivity contribution in [3.63, 3.8) is 0 Å². The van der Waals surface area contributed by atoms with Crippen molar-refractivity contribution in [2.24, 2.45) is 0 Å².